The molecule has 0 fully saturated rings. The average molecular weight is 183 g/mol. The third-order valence-electron chi connectivity index (χ3n) is 1.56. The lowest BCUT2D eigenvalue weighted by Gasteiger charge is -2.17. The van der Waals surface area contributed by atoms with Gasteiger partial charge >= 0.3 is 0 Å². The molecule has 1 amide bonds. The molecule has 0 aromatic rings. The predicted molar refractivity (Wildman–Crippen MR) is 51.0 cm³/mol. The van der Waals surface area contributed by atoms with Crippen LogP contribution in [0.4, 0.5) is 0 Å². The average Bonchev–Trinajstić information content (AvgIpc) is 2.02. The van der Waals surface area contributed by atoms with Crippen molar-refractivity contribution in [3.63, 3.8) is 0 Å². The lowest BCUT2D eigenvalue weighted by molar-refractivity contribution is -0.122. The van der Waals surface area contributed by atoms with Crippen LogP contribution in [0.5, 0.6) is 0 Å². The number of nitrogens with one attached hydrogen (secondary N) is 1. The molecule has 0 saturated heterocycles. The van der Waals surface area contributed by atoms with E-state index in [0.29, 0.717) is 13.1 Å². The number of carbonyl (C=O) groups is 1. The summed E-state index contributed by atoms with van der Waals surface area (Å²) in [6.45, 7) is 7.10. The van der Waals surface area contributed by atoms with Gasteiger partial charge in [0.15, 0.2) is 0 Å². The van der Waals surface area contributed by atoms with Gasteiger partial charge in [0.2, 0.25) is 5.91 Å². The zero-order valence-electron chi connectivity index (χ0n) is 8.50. The fraction of sp³-hybridized carbons (Fsp3) is 0.778. The van der Waals surface area contributed by atoms with E-state index in [1.54, 1.807) is 4.90 Å². The quantitative estimate of drug-likeness (QED) is 0.626. The summed E-state index contributed by atoms with van der Waals surface area (Å²) in [6, 6.07) is 2.18. The number of rotatable bonds is 5. The van der Waals surface area contributed by atoms with Gasteiger partial charge in [0.25, 0.3) is 0 Å². The SMILES string of the molecule is CCN(CC#N)CC(=O)NC(C)C. The van der Waals surface area contributed by atoms with Crippen LogP contribution in [0, 0.1) is 11.3 Å². The molecule has 0 rings (SSSR count). The molecule has 0 radical (unpaired) electrons. The summed E-state index contributed by atoms with van der Waals surface area (Å²) in [5.41, 5.74) is 0. The Morgan fingerprint density at radius 1 is 1.62 bits per heavy atom. The summed E-state index contributed by atoms with van der Waals surface area (Å²) in [4.78, 5) is 13.0. The first-order valence-corrected chi connectivity index (χ1v) is 4.48. The summed E-state index contributed by atoms with van der Waals surface area (Å²) >= 11 is 0. The van der Waals surface area contributed by atoms with Gasteiger partial charge < -0.3 is 5.32 Å². The molecule has 0 aromatic carbocycles. The van der Waals surface area contributed by atoms with E-state index in [1.807, 2.05) is 26.8 Å². The van der Waals surface area contributed by atoms with Crippen LogP contribution < -0.4 is 5.32 Å². The Morgan fingerprint density at radius 2 is 2.23 bits per heavy atom. The normalized spacial score (nSPS) is 10.2. The minimum absolute atomic E-state index is 0.0212. The number of hydrogen-bond donors (Lipinski definition) is 1. The lowest BCUT2D eigenvalue weighted by atomic mass is 10.3. The lowest BCUT2D eigenvalue weighted by Crippen LogP contribution is -2.40. The third kappa shape index (κ3) is 6.12. The molecule has 74 valence electrons. The van der Waals surface area contributed by atoms with Gasteiger partial charge in [-0.15, -0.1) is 0 Å². The van der Waals surface area contributed by atoms with E-state index in [0.717, 1.165) is 6.54 Å². The molecule has 0 atom stereocenters. The summed E-state index contributed by atoms with van der Waals surface area (Å²) < 4.78 is 0. The Labute approximate surface area is 79.5 Å². The van der Waals surface area contributed by atoms with Gasteiger partial charge in [0.05, 0.1) is 19.2 Å². The van der Waals surface area contributed by atoms with Gasteiger partial charge in [0.1, 0.15) is 0 Å². The number of carbonyl (C=O) groups excluding carboxylic acids is 1. The van der Waals surface area contributed by atoms with Crippen LogP contribution in [-0.4, -0.2) is 36.5 Å². The second-order valence-corrected chi connectivity index (χ2v) is 3.18. The molecule has 0 saturated carbocycles. The Balaban J connectivity index is 3.81. The van der Waals surface area contributed by atoms with Crippen molar-refractivity contribution < 1.29 is 4.79 Å². The van der Waals surface area contributed by atoms with E-state index in [9.17, 15) is 4.79 Å². The number of hydrogen-bond acceptors (Lipinski definition) is 3. The maximum atomic E-state index is 11.2. The smallest absolute Gasteiger partial charge is 0.234 e. The van der Waals surface area contributed by atoms with Crippen LogP contribution in [0.3, 0.4) is 0 Å². The van der Waals surface area contributed by atoms with Gasteiger partial charge in [-0.2, -0.15) is 5.26 Å². The fourth-order valence-corrected chi connectivity index (χ4v) is 0.950. The van der Waals surface area contributed by atoms with Crippen molar-refractivity contribution in [2.45, 2.75) is 26.8 Å². The van der Waals surface area contributed by atoms with Crippen molar-refractivity contribution in [3.8, 4) is 6.07 Å². The fourth-order valence-electron chi connectivity index (χ4n) is 0.950. The molecule has 0 spiro atoms. The molecule has 0 bridgehead atoms. The predicted octanol–water partition coefficient (Wildman–Crippen LogP) is 0.356. The third-order valence-corrected chi connectivity index (χ3v) is 1.56. The van der Waals surface area contributed by atoms with Crippen molar-refractivity contribution in [3.05, 3.63) is 0 Å². The maximum Gasteiger partial charge on any atom is 0.234 e. The maximum absolute atomic E-state index is 11.2. The van der Waals surface area contributed by atoms with E-state index < -0.39 is 0 Å². The van der Waals surface area contributed by atoms with Crippen LogP contribution >= 0.6 is 0 Å². The first-order valence-electron chi connectivity index (χ1n) is 4.48. The van der Waals surface area contributed by atoms with Crippen LogP contribution in [0.1, 0.15) is 20.8 Å². The van der Waals surface area contributed by atoms with E-state index in [2.05, 4.69) is 5.32 Å². The standard InChI is InChI=1S/C9H17N3O/c1-4-12(6-5-10)7-9(13)11-8(2)3/h8H,4,6-7H2,1-3H3,(H,11,13). The summed E-state index contributed by atoms with van der Waals surface area (Å²) in [5, 5.41) is 11.2. The zero-order valence-corrected chi connectivity index (χ0v) is 8.50. The highest BCUT2D eigenvalue weighted by atomic mass is 16.2. The number of nitriles is 1. The van der Waals surface area contributed by atoms with E-state index in [4.69, 9.17) is 5.26 Å². The zero-order chi connectivity index (χ0) is 10.3. The highest BCUT2D eigenvalue weighted by Crippen LogP contribution is 1.86. The van der Waals surface area contributed by atoms with Crippen molar-refractivity contribution in [2.24, 2.45) is 0 Å². The highest BCUT2D eigenvalue weighted by molar-refractivity contribution is 5.78. The van der Waals surface area contributed by atoms with E-state index in [1.165, 1.54) is 0 Å². The van der Waals surface area contributed by atoms with Crippen LogP contribution in [0.15, 0.2) is 0 Å². The van der Waals surface area contributed by atoms with Gasteiger partial charge in [-0.05, 0) is 20.4 Å². The molecule has 0 heterocycles. The van der Waals surface area contributed by atoms with Gasteiger partial charge in [-0.25, -0.2) is 0 Å². The Hall–Kier alpha value is -1.08. The largest absolute Gasteiger partial charge is 0.353 e. The van der Waals surface area contributed by atoms with Crippen LogP contribution in [0.25, 0.3) is 0 Å². The van der Waals surface area contributed by atoms with E-state index in [-0.39, 0.29) is 11.9 Å². The molecular weight excluding hydrogens is 166 g/mol. The monoisotopic (exact) mass is 183 g/mol. The summed E-state index contributed by atoms with van der Waals surface area (Å²) in [6.07, 6.45) is 0. The van der Waals surface area contributed by atoms with Gasteiger partial charge in [-0.1, -0.05) is 6.92 Å². The topological polar surface area (TPSA) is 56.1 Å². The molecular formula is C9H17N3O. The molecule has 0 aliphatic heterocycles. The van der Waals surface area contributed by atoms with Crippen LogP contribution in [0.2, 0.25) is 0 Å². The molecule has 4 nitrogen and oxygen atoms in total. The molecule has 1 N–H and O–H groups in total. The second kappa shape index (κ2) is 6.44. The molecule has 0 aromatic heterocycles. The summed E-state index contributed by atoms with van der Waals surface area (Å²) in [7, 11) is 0. The molecule has 0 unspecified atom stereocenters. The molecule has 4 heteroatoms. The van der Waals surface area contributed by atoms with Crippen molar-refractivity contribution in [2.75, 3.05) is 19.6 Å². The number of likely N-dealkylation sites (N-methyl/N-ethyl adjacent to an activating group) is 1. The Morgan fingerprint density at radius 3 is 2.62 bits per heavy atom. The first kappa shape index (κ1) is 11.9. The van der Waals surface area contributed by atoms with Crippen molar-refractivity contribution in [1.29, 1.82) is 5.26 Å². The minimum Gasteiger partial charge on any atom is -0.353 e. The first-order chi connectivity index (χ1) is 6.10. The molecule has 0 aliphatic rings. The van der Waals surface area contributed by atoms with Crippen molar-refractivity contribution >= 4 is 5.91 Å². The molecule has 0 aliphatic carbocycles. The van der Waals surface area contributed by atoms with Gasteiger partial charge in [-0.3, -0.25) is 9.69 Å². The minimum atomic E-state index is -0.0212. The highest BCUT2D eigenvalue weighted by Gasteiger charge is 2.08. The van der Waals surface area contributed by atoms with Crippen LogP contribution in [-0.2, 0) is 4.79 Å². The molecule has 13 heavy (non-hydrogen) atoms. The number of amides is 1. The van der Waals surface area contributed by atoms with Gasteiger partial charge in [0, 0.05) is 6.04 Å². The Kier molecular flexibility index (Phi) is 5.90. The van der Waals surface area contributed by atoms with E-state index >= 15 is 0 Å². The number of nitrogens with zero attached hydrogens (tertiary/aromatic N) is 2. The second-order valence-electron chi connectivity index (χ2n) is 3.18. The van der Waals surface area contributed by atoms with Crippen molar-refractivity contribution in [1.82, 2.24) is 10.2 Å². The summed E-state index contributed by atoms with van der Waals surface area (Å²) in [5.74, 6) is -0.0212. The Bertz CT molecular complexity index is 196.